The Balaban J connectivity index is 1.88. The van der Waals surface area contributed by atoms with Crippen LogP contribution in [0, 0.1) is 13.8 Å². The maximum Gasteiger partial charge on any atom is 0.145 e. The molecule has 0 bridgehead atoms. The van der Waals surface area contributed by atoms with Crippen molar-refractivity contribution in [3.63, 3.8) is 0 Å². The molecule has 2 rings (SSSR count). The quantitative estimate of drug-likeness (QED) is 0.896. The zero-order valence-electron chi connectivity index (χ0n) is 11.9. The molecule has 0 atom stereocenters. The maximum atomic E-state index is 5.59. The van der Waals surface area contributed by atoms with E-state index in [0.717, 1.165) is 19.5 Å². The summed E-state index contributed by atoms with van der Waals surface area (Å²) in [6, 6.07) is 8.40. The predicted molar refractivity (Wildman–Crippen MR) is 80.4 cm³/mol. The molecule has 1 aromatic carbocycles. The Bertz CT molecular complexity index is 545. The van der Waals surface area contributed by atoms with E-state index in [4.69, 9.17) is 5.73 Å². The van der Waals surface area contributed by atoms with Gasteiger partial charge in [-0.1, -0.05) is 17.7 Å². The molecular formula is C15H22N4. The molecule has 102 valence electrons. The fourth-order valence-corrected chi connectivity index (χ4v) is 2.33. The Kier molecular flexibility index (Phi) is 4.10. The fourth-order valence-electron chi connectivity index (χ4n) is 2.33. The summed E-state index contributed by atoms with van der Waals surface area (Å²) in [5, 5.41) is 4.19. The molecule has 2 aromatic rings. The second-order valence-electron chi connectivity index (χ2n) is 5.07. The lowest BCUT2D eigenvalue weighted by molar-refractivity contribution is 0.580. The van der Waals surface area contributed by atoms with Crippen LogP contribution in [-0.2, 0) is 6.54 Å². The number of anilines is 2. The first kappa shape index (κ1) is 13.5. The molecule has 0 radical (unpaired) electrons. The predicted octanol–water partition coefficient (Wildman–Crippen LogP) is 2.61. The first-order valence-corrected chi connectivity index (χ1v) is 6.63. The second kappa shape index (κ2) is 5.78. The van der Waals surface area contributed by atoms with Crippen molar-refractivity contribution < 1.29 is 0 Å². The Morgan fingerprint density at radius 2 is 2.05 bits per heavy atom. The Labute approximate surface area is 114 Å². The van der Waals surface area contributed by atoms with Gasteiger partial charge in [-0.3, -0.25) is 4.68 Å². The number of hydrogen-bond donors (Lipinski definition) is 1. The van der Waals surface area contributed by atoms with Gasteiger partial charge in [0, 0.05) is 32.0 Å². The molecule has 0 amide bonds. The summed E-state index contributed by atoms with van der Waals surface area (Å²) in [6.07, 6.45) is 2.97. The Morgan fingerprint density at radius 1 is 1.26 bits per heavy atom. The molecule has 4 nitrogen and oxygen atoms in total. The minimum atomic E-state index is 0.586. The Morgan fingerprint density at radius 3 is 2.68 bits per heavy atom. The summed E-state index contributed by atoms with van der Waals surface area (Å²) in [5.41, 5.74) is 9.52. The van der Waals surface area contributed by atoms with Crippen molar-refractivity contribution in [1.29, 1.82) is 0 Å². The highest BCUT2D eigenvalue weighted by atomic mass is 15.3. The lowest BCUT2D eigenvalue weighted by Crippen LogP contribution is -2.21. The molecule has 0 aliphatic rings. The van der Waals surface area contributed by atoms with Crippen LogP contribution < -0.4 is 10.6 Å². The zero-order valence-corrected chi connectivity index (χ0v) is 11.9. The van der Waals surface area contributed by atoms with E-state index in [1.165, 1.54) is 16.8 Å². The highest BCUT2D eigenvalue weighted by molar-refractivity contribution is 5.53. The number of hydrogen-bond acceptors (Lipinski definition) is 3. The van der Waals surface area contributed by atoms with Crippen LogP contribution in [0.1, 0.15) is 17.5 Å². The van der Waals surface area contributed by atoms with Gasteiger partial charge in [-0.2, -0.15) is 5.10 Å². The second-order valence-corrected chi connectivity index (χ2v) is 5.07. The first-order chi connectivity index (χ1) is 9.06. The number of nitrogens with two attached hydrogens (primary N) is 1. The molecule has 0 saturated carbocycles. The van der Waals surface area contributed by atoms with Crippen LogP contribution in [0.3, 0.4) is 0 Å². The highest BCUT2D eigenvalue weighted by Gasteiger charge is 2.04. The summed E-state index contributed by atoms with van der Waals surface area (Å²) in [5.74, 6) is 0.586. The molecule has 0 saturated heterocycles. The van der Waals surface area contributed by atoms with Crippen molar-refractivity contribution in [3.05, 3.63) is 41.6 Å². The van der Waals surface area contributed by atoms with Gasteiger partial charge in [0.05, 0.1) is 0 Å². The smallest absolute Gasteiger partial charge is 0.145 e. The number of aryl methyl sites for hydroxylation is 3. The zero-order chi connectivity index (χ0) is 13.8. The largest absolute Gasteiger partial charge is 0.382 e. The molecule has 0 unspecified atom stereocenters. The van der Waals surface area contributed by atoms with E-state index < -0.39 is 0 Å². The molecule has 0 aliphatic heterocycles. The van der Waals surface area contributed by atoms with Gasteiger partial charge >= 0.3 is 0 Å². The molecule has 0 aliphatic carbocycles. The van der Waals surface area contributed by atoms with Crippen molar-refractivity contribution in [2.45, 2.75) is 26.8 Å². The third-order valence-corrected chi connectivity index (χ3v) is 3.31. The number of rotatable bonds is 5. The van der Waals surface area contributed by atoms with Crippen LogP contribution in [0.2, 0.25) is 0 Å². The highest BCUT2D eigenvalue weighted by Crippen LogP contribution is 2.20. The first-order valence-electron chi connectivity index (χ1n) is 6.63. The van der Waals surface area contributed by atoms with Gasteiger partial charge in [0.25, 0.3) is 0 Å². The normalized spacial score (nSPS) is 10.7. The molecule has 1 heterocycles. The molecule has 0 fully saturated rings. The molecule has 19 heavy (non-hydrogen) atoms. The van der Waals surface area contributed by atoms with E-state index in [9.17, 15) is 0 Å². The van der Waals surface area contributed by atoms with E-state index in [1.54, 1.807) is 0 Å². The molecular weight excluding hydrogens is 236 g/mol. The lowest BCUT2D eigenvalue weighted by atomic mass is 10.1. The molecule has 1 aromatic heterocycles. The van der Waals surface area contributed by atoms with E-state index in [0.29, 0.717) is 5.82 Å². The van der Waals surface area contributed by atoms with Crippen molar-refractivity contribution in [1.82, 2.24) is 9.78 Å². The molecule has 0 spiro atoms. The Hall–Kier alpha value is -1.97. The van der Waals surface area contributed by atoms with Gasteiger partial charge < -0.3 is 10.6 Å². The van der Waals surface area contributed by atoms with E-state index in [2.05, 4.69) is 49.1 Å². The van der Waals surface area contributed by atoms with Crippen LogP contribution in [0.25, 0.3) is 0 Å². The summed E-state index contributed by atoms with van der Waals surface area (Å²) in [4.78, 5) is 2.29. The van der Waals surface area contributed by atoms with Crippen LogP contribution in [0.15, 0.2) is 30.5 Å². The van der Waals surface area contributed by atoms with Crippen LogP contribution in [0.4, 0.5) is 11.5 Å². The van der Waals surface area contributed by atoms with Crippen LogP contribution in [0.5, 0.6) is 0 Å². The minimum absolute atomic E-state index is 0.586. The van der Waals surface area contributed by atoms with E-state index in [1.807, 2.05) is 16.9 Å². The average Bonchev–Trinajstić information content (AvgIpc) is 2.75. The fraction of sp³-hybridized carbons (Fsp3) is 0.400. The summed E-state index contributed by atoms with van der Waals surface area (Å²) >= 11 is 0. The monoisotopic (exact) mass is 258 g/mol. The van der Waals surface area contributed by atoms with Crippen LogP contribution in [-0.4, -0.2) is 23.4 Å². The summed E-state index contributed by atoms with van der Waals surface area (Å²) in [7, 11) is 2.13. The van der Waals surface area contributed by atoms with Crippen molar-refractivity contribution in [2.24, 2.45) is 0 Å². The maximum absolute atomic E-state index is 5.59. The van der Waals surface area contributed by atoms with Gasteiger partial charge in [-0.25, -0.2) is 0 Å². The van der Waals surface area contributed by atoms with Gasteiger partial charge in [-0.05, 0) is 38.0 Å². The number of benzene rings is 1. The summed E-state index contributed by atoms with van der Waals surface area (Å²) in [6.45, 7) is 6.18. The van der Waals surface area contributed by atoms with Gasteiger partial charge in [0.15, 0.2) is 0 Å². The minimum Gasteiger partial charge on any atom is -0.382 e. The van der Waals surface area contributed by atoms with E-state index >= 15 is 0 Å². The number of aromatic nitrogens is 2. The molecule has 2 N–H and O–H groups in total. The van der Waals surface area contributed by atoms with Crippen molar-refractivity contribution in [2.75, 3.05) is 24.2 Å². The topological polar surface area (TPSA) is 47.1 Å². The third kappa shape index (κ3) is 3.50. The van der Waals surface area contributed by atoms with E-state index in [-0.39, 0.29) is 0 Å². The summed E-state index contributed by atoms with van der Waals surface area (Å²) < 4.78 is 1.89. The van der Waals surface area contributed by atoms with Crippen LogP contribution >= 0.6 is 0 Å². The standard InChI is InChI=1S/C15H22N4/c1-12-5-6-14(13(2)11-12)18(3)8-4-9-19-10-7-15(16)17-19/h5-7,10-11H,4,8-9H2,1-3H3,(H2,16,17). The average molecular weight is 258 g/mol. The SMILES string of the molecule is Cc1ccc(N(C)CCCn2ccc(N)n2)c(C)c1. The third-order valence-electron chi connectivity index (χ3n) is 3.31. The lowest BCUT2D eigenvalue weighted by Gasteiger charge is -2.21. The number of nitrogens with zero attached hydrogens (tertiary/aromatic N) is 3. The van der Waals surface area contributed by atoms with Gasteiger partial charge in [-0.15, -0.1) is 0 Å². The van der Waals surface area contributed by atoms with Crippen molar-refractivity contribution in [3.8, 4) is 0 Å². The van der Waals surface area contributed by atoms with Gasteiger partial charge in [0.1, 0.15) is 5.82 Å². The number of nitrogen functional groups attached to an aromatic ring is 1. The van der Waals surface area contributed by atoms with Gasteiger partial charge in [0.2, 0.25) is 0 Å². The van der Waals surface area contributed by atoms with Crippen molar-refractivity contribution >= 4 is 11.5 Å². The molecule has 4 heteroatoms.